The number of nitrogens with one attached hydrogen (secondary N) is 1. The van der Waals surface area contributed by atoms with Crippen molar-refractivity contribution in [2.75, 3.05) is 6.61 Å². The summed E-state index contributed by atoms with van der Waals surface area (Å²) in [6.07, 6.45) is 4.63. The van der Waals surface area contributed by atoms with Crippen molar-refractivity contribution in [1.29, 1.82) is 0 Å². The Hall–Kier alpha value is -0.830. The van der Waals surface area contributed by atoms with Crippen LogP contribution in [0, 0.1) is 0 Å². The molecule has 0 bridgehead atoms. The Balaban J connectivity index is 4.32. The molecule has 0 fully saturated rings. The molecule has 0 aliphatic rings. The van der Waals surface area contributed by atoms with Crippen molar-refractivity contribution in [3.05, 3.63) is 12.2 Å². The summed E-state index contributed by atoms with van der Waals surface area (Å²) in [7, 11) is 0. The van der Waals surface area contributed by atoms with E-state index in [2.05, 4.69) is 5.32 Å². The highest BCUT2D eigenvalue weighted by molar-refractivity contribution is 5.88. The fourth-order valence-electron chi connectivity index (χ4n) is 1.14. The van der Waals surface area contributed by atoms with E-state index in [4.69, 9.17) is 5.11 Å². The number of allylic oxidation sites excluding steroid dienone is 1. The van der Waals surface area contributed by atoms with Crippen molar-refractivity contribution < 1.29 is 9.90 Å². The van der Waals surface area contributed by atoms with Gasteiger partial charge in [0.2, 0.25) is 5.91 Å². The molecule has 0 aromatic heterocycles. The number of amides is 1. The van der Waals surface area contributed by atoms with Crippen LogP contribution in [0.25, 0.3) is 0 Å². The van der Waals surface area contributed by atoms with Crippen LogP contribution in [0.1, 0.15) is 33.6 Å². The number of hydrogen-bond donors (Lipinski definition) is 2. The number of aliphatic hydroxyl groups is 1. The molecule has 0 aliphatic heterocycles. The van der Waals surface area contributed by atoms with Crippen molar-refractivity contribution in [2.24, 2.45) is 0 Å². The van der Waals surface area contributed by atoms with Crippen LogP contribution < -0.4 is 5.32 Å². The second-order valence-corrected chi connectivity index (χ2v) is 3.13. The van der Waals surface area contributed by atoms with Crippen LogP contribution in [0.3, 0.4) is 0 Å². The van der Waals surface area contributed by atoms with Crippen molar-refractivity contribution in [2.45, 2.75) is 39.2 Å². The van der Waals surface area contributed by atoms with E-state index >= 15 is 0 Å². The Labute approximate surface area is 79.8 Å². The Bertz CT molecular complexity index is 175. The topological polar surface area (TPSA) is 49.3 Å². The largest absolute Gasteiger partial charge is 0.394 e. The van der Waals surface area contributed by atoms with Gasteiger partial charge in [0.15, 0.2) is 0 Å². The minimum absolute atomic E-state index is 0.0106. The van der Waals surface area contributed by atoms with Crippen LogP contribution in [0.2, 0.25) is 0 Å². The molecule has 0 unspecified atom stereocenters. The maximum Gasteiger partial charge on any atom is 0.244 e. The quantitative estimate of drug-likeness (QED) is 0.633. The van der Waals surface area contributed by atoms with Crippen LogP contribution in [0.5, 0.6) is 0 Å². The third-order valence-corrected chi connectivity index (χ3v) is 2.36. The fourth-order valence-corrected chi connectivity index (χ4v) is 1.14. The molecule has 0 radical (unpaired) electrons. The summed E-state index contributed by atoms with van der Waals surface area (Å²) in [5.41, 5.74) is -0.448. The zero-order chi connectivity index (χ0) is 10.3. The molecule has 0 aromatic carbocycles. The normalized spacial score (nSPS) is 12.0. The molecule has 0 spiro atoms. The average molecular weight is 185 g/mol. The second kappa shape index (κ2) is 5.75. The Morgan fingerprint density at radius 1 is 1.46 bits per heavy atom. The smallest absolute Gasteiger partial charge is 0.244 e. The molecule has 0 saturated heterocycles. The molecule has 0 heterocycles. The lowest BCUT2D eigenvalue weighted by molar-refractivity contribution is -0.119. The molecular weight excluding hydrogens is 166 g/mol. The van der Waals surface area contributed by atoms with Crippen molar-refractivity contribution in [3.8, 4) is 0 Å². The second-order valence-electron chi connectivity index (χ2n) is 3.13. The van der Waals surface area contributed by atoms with E-state index in [0.717, 1.165) is 12.8 Å². The van der Waals surface area contributed by atoms with Crippen LogP contribution >= 0.6 is 0 Å². The molecule has 76 valence electrons. The van der Waals surface area contributed by atoms with Gasteiger partial charge in [-0.25, -0.2) is 0 Å². The highest BCUT2D eigenvalue weighted by Gasteiger charge is 2.25. The first-order chi connectivity index (χ1) is 6.14. The van der Waals surface area contributed by atoms with E-state index in [1.165, 1.54) is 6.08 Å². The lowest BCUT2D eigenvalue weighted by Crippen LogP contribution is -2.49. The number of carbonyl (C=O) groups is 1. The van der Waals surface area contributed by atoms with Crippen LogP contribution in [0.15, 0.2) is 12.2 Å². The van der Waals surface area contributed by atoms with Gasteiger partial charge in [0.25, 0.3) is 0 Å². The summed E-state index contributed by atoms with van der Waals surface area (Å²) in [6.45, 7) is 5.69. The summed E-state index contributed by atoms with van der Waals surface area (Å²) < 4.78 is 0. The van der Waals surface area contributed by atoms with E-state index < -0.39 is 5.54 Å². The number of aliphatic hydroxyl groups excluding tert-OH is 1. The predicted octanol–water partition coefficient (Wildman–Crippen LogP) is 1.23. The summed E-state index contributed by atoms with van der Waals surface area (Å²) in [6, 6.07) is 0. The minimum Gasteiger partial charge on any atom is -0.394 e. The Morgan fingerprint density at radius 3 is 2.31 bits per heavy atom. The molecule has 0 atom stereocenters. The summed E-state index contributed by atoms with van der Waals surface area (Å²) in [4.78, 5) is 11.2. The van der Waals surface area contributed by atoms with Gasteiger partial charge in [0.1, 0.15) is 0 Å². The van der Waals surface area contributed by atoms with Gasteiger partial charge < -0.3 is 10.4 Å². The summed E-state index contributed by atoms with van der Waals surface area (Å²) in [5.74, 6) is -0.139. The van der Waals surface area contributed by atoms with Gasteiger partial charge in [-0.1, -0.05) is 19.9 Å². The van der Waals surface area contributed by atoms with E-state index in [-0.39, 0.29) is 12.5 Å². The molecule has 3 nitrogen and oxygen atoms in total. The standard InChI is InChI=1S/C10H19NO2/c1-4-7-9(13)11-10(5-2,6-3)8-12/h4,7,12H,5-6,8H2,1-3H3,(H,11,13). The average Bonchev–Trinajstić information content (AvgIpc) is 2.15. The van der Waals surface area contributed by atoms with Crippen molar-refractivity contribution in [3.63, 3.8) is 0 Å². The van der Waals surface area contributed by atoms with Gasteiger partial charge in [-0.15, -0.1) is 0 Å². The highest BCUT2D eigenvalue weighted by Crippen LogP contribution is 2.13. The van der Waals surface area contributed by atoms with E-state index in [9.17, 15) is 4.79 Å². The maximum absolute atomic E-state index is 11.2. The molecule has 2 N–H and O–H groups in total. The van der Waals surface area contributed by atoms with Crippen LogP contribution in [0.4, 0.5) is 0 Å². The number of rotatable bonds is 5. The first kappa shape index (κ1) is 12.2. The number of hydrogen-bond acceptors (Lipinski definition) is 2. The Morgan fingerprint density at radius 2 is 2.00 bits per heavy atom. The van der Waals surface area contributed by atoms with Crippen LogP contribution in [-0.2, 0) is 4.79 Å². The van der Waals surface area contributed by atoms with Gasteiger partial charge in [0, 0.05) is 0 Å². The van der Waals surface area contributed by atoms with Gasteiger partial charge in [-0.3, -0.25) is 4.79 Å². The van der Waals surface area contributed by atoms with Crippen LogP contribution in [-0.4, -0.2) is 23.2 Å². The first-order valence-corrected chi connectivity index (χ1v) is 4.69. The highest BCUT2D eigenvalue weighted by atomic mass is 16.3. The monoisotopic (exact) mass is 185 g/mol. The van der Waals surface area contributed by atoms with Gasteiger partial charge in [0.05, 0.1) is 12.1 Å². The summed E-state index contributed by atoms with van der Waals surface area (Å²) in [5, 5.41) is 12.0. The van der Waals surface area contributed by atoms with E-state index in [0.29, 0.717) is 0 Å². The molecule has 0 rings (SSSR count). The lowest BCUT2D eigenvalue weighted by Gasteiger charge is -2.30. The third-order valence-electron chi connectivity index (χ3n) is 2.36. The maximum atomic E-state index is 11.2. The SMILES string of the molecule is CC=CC(=O)NC(CC)(CC)CO. The molecular formula is C10H19NO2. The Kier molecular flexibility index (Phi) is 5.39. The fraction of sp³-hybridized carbons (Fsp3) is 0.700. The molecule has 0 aliphatic carbocycles. The summed E-state index contributed by atoms with van der Waals surface area (Å²) >= 11 is 0. The first-order valence-electron chi connectivity index (χ1n) is 4.69. The van der Waals surface area contributed by atoms with Crippen molar-refractivity contribution >= 4 is 5.91 Å². The van der Waals surface area contributed by atoms with Gasteiger partial charge in [-0.05, 0) is 25.8 Å². The van der Waals surface area contributed by atoms with Gasteiger partial charge >= 0.3 is 0 Å². The third kappa shape index (κ3) is 3.59. The van der Waals surface area contributed by atoms with E-state index in [1.807, 2.05) is 13.8 Å². The van der Waals surface area contributed by atoms with Gasteiger partial charge in [-0.2, -0.15) is 0 Å². The molecule has 1 amide bonds. The molecule has 13 heavy (non-hydrogen) atoms. The molecule has 0 aromatic rings. The minimum atomic E-state index is -0.448. The number of carbonyl (C=O) groups excluding carboxylic acids is 1. The lowest BCUT2D eigenvalue weighted by atomic mass is 9.94. The van der Waals surface area contributed by atoms with Crippen molar-refractivity contribution in [1.82, 2.24) is 5.32 Å². The van der Waals surface area contributed by atoms with E-state index in [1.54, 1.807) is 13.0 Å². The zero-order valence-electron chi connectivity index (χ0n) is 8.63. The predicted molar refractivity (Wildman–Crippen MR) is 53.4 cm³/mol. The molecule has 3 heteroatoms. The zero-order valence-corrected chi connectivity index (χ0v) is 8.63. The molecule has 0 saturated carbocycles.